The lowest BCUT2D eigenvalue weighted by Gasteiger charge is -2.32. The molecule has 0 saturated carbocycles. The molecule has 0 spiro atoms. The quantitative estimate of drug-likeness (QED) is 0.849. The van der Waals surface area contributed by atoms with Crippen LogP contribution < -0.4 is 5.32 Å². The first-order valence-corrected chi connectivity index (χ1v) is 6.93. The Bertz CT molecular complexity index is 360. The number of hydrogen-bond donors (Lipinski definition) is 1. The summed E-state index contributed by atoms with van der Waals surface area (Å²) in [7, 11) is 1.96. The van der Waals surface area contributed by atoms with Crippen LogP contribution in [0.5, 0.6) is 0 Å². The lowest BCUT2D eigenvalue weighted by molar-refractivity contribution is 0.159. The van der Waals surface area contributed by atoms with E-state index in [4.69, 9.17) is 0 Å². The molecule has 1 aliphatic rings. The van der Waals surface area contributed by atoms with Crippen molar-refractivity contribution in [1.82, 2.24) is 25.0 Å². The van der Waals surface area contributed by atoms with Crippen LogP contribution in [0.4, 0.5) is 0 Å². The molecule has 5 heteroatoms. The number of aromatic nitrogens is 3. The van der Waals surface area contributed by atoms with E-state index in [1.54, 1.807) is 6.33 Å². The molecule has 1 aliphatic heterocycles. The topological polar surface area (TPSA) is 46.0 Å². The van der Waals surface area contributed by atoms with Gasteiger partial charge in [0, 0.05) is 19.6 Å². The molecule has 0 aromatic carbocycles. The van der Waals surface area contributed by atoms with E-state index in [0.29, 0.717) is 6.04 Å². The molecule has 1 fully saturated rings. The molecule has 0 aliphatic carbocycles. The van der Waals surface area contributed by atoms with Crippen molar-refractivity contribution in [2.24, 2.45) is 13.0 Å². The minimum Gasteiger partial charge on any atom is -0.314 e. The van der Waals surface area contributed by atoms with Crippen molar-refractivity contribution in [3.05, 3.63) is 12.2 Å². The second kappa shape index (κ2) is 6.29. The molecule has 18 heavy (non-hydrogen) atoms. The normalized spacial score (nSPS) is 21.7. The third-order valence-corrected chi connectivity index (χ3v) is 3.59. The Kier molecular flexibility index (Phi) is 4.72. The van der Waals surface area contributed by atoms with E-state index >= 15 is 0 Å². The maximum absolute atomic E-state index is 4.30. The van der Waals surface area contributed by atoms with Crippen LogP contribution in [0.15, 0.2) is 6.33 Å². The summed E-state index contributed by atoms with van der Waals surface area (Å²) in [5.41, 5.74) is 0. The molecule has 102 valence electrons. The number of piperidine rings is 1. The molecule has 1 aromatic rings. The van der Waals surface area contributed by atoms with Crippen LogP contribution in [-0.4, -0.2) is 45.3 Å². The highest BCUT2D eigenvalue weighted by Gasteiger charge is 2.20. The van der Waals surface area contributed by atoms with Crippen LogP contribution in [0, 0.1) is 5.92 Å². The summed E-state index contributed by atoms with van der Waals surface area (Å²) >= 11 is 0. The van der Waals surface area contributed by atoms with Crippen molar-refractivity contribution in [3.8, 4) is 0 Å². The van der Waals surface area contributed by atoms with Gasteiger partial charge in [-0.1, -0.05) is 13.8 Å². The summed E-state index contributed by atoms with van der Waals surface area (Å²) in [6.07, 6.45) is 4.27. The van der Waals surface area contributed by atoms with Gasteiger partial charge in [0.25, 0.3) is 0 Å². The average molecular weight is 251 g/mol. The van der Waals surface area contributed by atoms with Crippen LogP contribution in [-0.2, 0) is 13.6 Å². The molecule has 0 radical (unpaired) electrons. The van der Waals surface area contributed by atoms with Crippen LogP contribution >= 0.6 is 0 Å². The monoisotopic (exact) mass is 251 g/mol. The second-order valence-electron chi connectivity index (χ2n) is 5.61. The minimum atomic E-state index is 0.583. The zero-order chi connectivity index (χ0) is 13.0. The summed E-state index contributed by atoms with van der Waals surface area (Å²) in [5.74, 6) is 1.84. The van der Waals surface area contributed by atoms with Crippen LogP contribution in [0.3, 0.4) is 0 Å². The Morgan fingerprint density at radius 1 is 1.50 bits per heavy atom. The molecule has 0 amide bonds. The van der Waals surface area contributed by atoms with Gasteiger partial charge in [-0.2, -0.15) is 5.10 Å². The Morgan fingerprint density at radius 2 is 2.33 bits per heavy atom. The van der Waals surface area contributed by atoms with Gasteiger partial charge in [0.1, 0.15) is 12.2 Å². The van der Waals surface area contributed by atoms with Gasteiger partial charge in [0.2, 0.25) is 0 Å². The van der Waals surface area contributed by atoms with Crippen molar-refractivity contribution in [2.75, 3.05) is 19.6 Å². The van der Waals surface area contributed by atoms with Crippen molar-refractivity contribution in [2.45, 2.75) is 39.3 Å². The van der Waals surface area contributed by atoms with Crippen LogP contribution in [0.25, 0.3) is 0 Å². The Labute approximate surface area is 110 Å². The molecule has 1 atom stereocenters. The van der Waals surface area contributed by atoms with Gasteiger partial charge in [-0.15, -0.1) is 0 Å². The molecule has 2 rings (SSSR count). The fraction of sp³-hybridized carbons (Fsp3) is 0.846. The summed E-state index contributed by atoms with van der Waals surface area (Å²) in [6, 6.07) is 0.583. The van der Waals surface area contributed by atoms with Crippen molar-refractivity contribution in [3.63, 3.8) is 0 Å². The minimum absolute atomic E-state index is 0.583. The Morgan fingerprint density at radius 3 is 3.00 bits per heavy atom. The number of hydrogen-bond acceptors (Lipinski definition) is 4. The first-order valence-electron chi connectivity index (χ1n) is 6.93. The second-order valence-corrected chi connectivity index (χ2v) is 5.61. The van der Waals surface area contributed by atoms with E-state index < -0.39 is 0 Å². The number of nitrogens with zero attached hydrogens (tertiary/aromatic N) is 4. The smallest absolute Gasteiger partial charge is 0.140 e. The molecule has 0 bridgehead atoms. The maximum Gasteiger partial charge on any atom is 0.140 e. The lowest BCUT2D eigenvalue weighted by atomic mass is 9.98. The van der Waals surface area contributed by atoms with Crippen LogP contribution in [0.2, 0.25) is 0 Å². The largest absolute Gasteiger partial charge is 0.314 e. The lowest BCUT2D eigenvalue weighted by Crippen LogP contribution is -2.40. The Balaban J connectivity index is 1.81. The average Bonchev–Trinajstić information content (AvgIpc) is 2.73. The third kappa shape index (κ3) is 3.78. The maximum atomic E-state index is 4.30. The molecule has 1 N–H and O–H groups in total. The summed E-state index contributed by atoms with van der Waals surface area (Å²) in [4.78, 5) is 6.80. The standard InChI is InChI=1S/C13H25N5/c1-11(2)14-7-12-5-4-6-18(8-12)9-13-15-10-16-17(13)3/h10-12,14H,4-9H2,1-3H3. The molecule has 5 nitrogen and oxygen atoms in total. The highest BCUT2D eigenvalue weighted by atomic mass is 15.3. The number of likely N-dealkylation sites (tertiary alicyclic amines) is 1. The first kappa shape index (κ1) is 13.5. The fourth-order valence-electron chi connectivity index (χ4n) is 2.53. The van der Waals surface area contributed by atoms with E-state index in [9.17, 15) is 0 Å². The molecule has 2 heterocycles. The zero-order valence-corrected chi connectivity index (χ0v) is 11.8. The fourth-order valence-corrected chi connectivity index (χ4v) is 2.53. The van der Waals surface area contributed by atoms with Crippen LogP contribution in [0.1, 0.15) is 32.5 Å². The molecule has 1 saturated heterocycles. The van der Waals surface area contributed by atoms with Crippen molar-refractivity contribution < 1.29 is 0 Å². The SMILES string of the molecule is CC(C)NCC1CCCN(Cc2ncnn2C)C1. The highest BCUT2D eigenvalue weighted by molar-refractivity contribution is 4.85. The predicted molar refractivity (Wildman–Crippen MR) is 72.1 cm³/mol. The Hall–Kier alpha value is -0.940. The van der Waals surface area contributed by atoms with E-state index in [1.807, 2.05) is 11.7 Å². The van der Waals surface area contributed by atoms with Crippen molar-refractivity contribution >= 4 is 0 Å². The van der Waals surface area contributed by atoms with E-state index in [0.717, 1.165) is 24.8 Å². The van der Waals surface area contributed by atoms with Gasteiger partial charge in [0.05, 0.1) is 6.54 Å². The van der Waals surface area contributed by atoms with Gasteiger partial charge < -0.3 is 5.32 Å². The van der Waals surface area contributed by atoms with Gasteiger partial charge in [-0.05, 0) is 31.8 Å². The van der Waals surface area contributed by atoms with Gasteiger partial charge in [-0.25, -0.2) is 4.98 Å². The number of aryl methyl sites for hydroxylation is 1. The highest BCUT2D eigenvalue weighted by Crippen LogP contribution is 2.17. The van der Waals surface area contributed by atoms with E-state index in [-0.39, 0.29) is 0 Å². The predicted octanol–water partition coefficient (Wildman–Crippen LogP) is 1.03. The van der Waals surface area contributed by atoms with Crippen molar-refractivity contribution in [1.29, 1.82) is 0 Å². The number of rotatable bonds is 5. The van der Waals surface area contributed by atoms with E-state index in [2.05, 4.69) is 34.1 Å². The summed E-state index contributed by atoms with van der Waals surface area (Å²) in [5, 5.41) is 7.67. The van der Waals surface area contributed by atoms with Gasteiger partial charge in [-0.3, -0.25) is 9.58 Å². The first-order chi connectivity index (χ1) is 8.65. The molecule has 1 unspecified atom stereocenters. The number of nitrogens with one attached hydrogen (secondary N) is 1. The van der Waals surface area contributed by atoms with Gasteiger partial charge in [0.15, 0.2) is 0 Å². The van der Waals surface area contributed by atoms with E-state index in [1.165, 1.54) is 25.9 Å². The summed E-state index contributed by atoms with van der Waals surface area (Å²) in [6.45, 7) is 8.83. The third-order valence-electron chi connectivity index (χ3n) is 3.59. The van der Waals surface area contributed by atoms with Gasteiger partial charge >= 0.3 is 0 Å². The molecular formula is C13H25N5. The molecule has 1 aromatic heterocycles. The molecular weight excluding hydrogens is 226 g/mol. The summed E-state index contributed by atoms with van der Waals surface area (Å²) < 4.78 is 1.87. The zero-order valence-electron chi connectivity index (χ0n) is 11.8.